The average Bonchev–Trinajstić information content (AvgIpc) is 3.04. The predicted octanol–water partition coefficient (Wildman–Crippen LogP) is 3.97. The molecular weight excluding hydrogens is 252 g/mol. The maximum atomic E-state index is 3.64. The second-order valence-corrected chi connectivity index (χ2v) is 6.76. The molecule has 1 saturated carbocycles. The summed E-state index contributed by atoms with van der Waals surface area (Å²) in [5.74, 6) is 0. The van der Waals surface area contributed by atoms with Gasteiger partial charge in [-0.3, -0.25) is 4.90 Å². The third kappa shape index (κ3) is 2.61. The smallest absolute Gasteiger partial charge is 0.0515 e. The van der Waals surface area contributed by atoms with Gasteiger partial charge in [-0.15, -0.1) is 11.3 Å². The van der Waals surface area contributed by atoms with Gasteiger partial charge in [0.15, 0.2) is 0 Å². The van der Waals surface area contributed by atoms with Crippen LogP contribution in [0.5, 0.6) is 0 Å². The fourth-order valence-electron chi connectivity index (χ4n) is 4.04. The van der Waals surface area contributed by atoms with Crippen LogP contribution in [0.2, 0.25) is 0 Å². The molecule has 19 heavy (non-hydrogen) atoms. The summed E-state index contributed by atoms with van der Waals surface area (Å²) < 4.78 is 0. The minimum atomic E-state index is 0.323. The van der Waals surface area contributed by atoms with E-state index in [1.165, 1.54) is 36.1 Å². The summed E-state index contributed by atoms with van der Waals surface area (Å²) in [7, 11) is 2.13. The number of hydrogen-bond donors (Lipinski definition) is 1. The molecule has 1 aliphatic carbocycles. The summed E-state index contributed by atoms with van der Waals surface area (Å²) in [6, 6.07) is 2.80. The van der Waals surface area contributed by atoms with Crippen LogP contribution in [0.4, 0.5) is 0 Å². The van der Waals surface area contributed by atoms with E-state index in [4.69, 9.17) is 0 Å². The minimum absolute atomic E-state index is 0.323. The van der Waals surface area contributed by atoms with E-state index in [1.54, 1.807) is 0 Å². The predicted molar refractivity (Wildman–Crippen MR) is 85.0 cm³/mol. The summed E-state index contributed by atoms with van der Waals surface area (Å²) in [6.07, 6.45) is 5.40. The van der Waals surface area contributed by atoms with Gasteiger partial charge in [-0.1, -0.05) is 26.7 Å². The molecule has 1 atom stereocenters. The Labute approximate surface area is 122 Å². The maximum absolute atomic E-state index is 3.64. The summed E-state index contributed by atoms with van der Waals surface area (Å²) in [5.41, 5.74) is 1.84. The average molecular weight is 280 g/mol. The van der Waals surface area contributed by atoms with Gasteiger partial charge in [0, 0.05) is 10.4 Å². The fraction of sp³-hybridized carbons (Fsp3) is 0.750. The van der Waals surface area contributed by atoms with Crippen LogP contribution in [0.3, 0.4) is 0 Å². The van der Waals surface area contributed by atoms with Crippen molar-refractivity contribution < 1.29 is 0 Å². The van der Waals surface area contributed by atoms with Gasteiger partial charge in [0.05, 0.1) is 6.04 Å². The highest BCUT2D eigenvalue weighted by Crippen LogP contribution is 2.45. The van der Waals surface area contributed by atoms with Gasteiger partial charge in [0.25, 0.3) is 0 Å². The third-order valence-corrected chi connectivity index (χ3v) is 5.76. The van der Waals surface area contributed by atoms with Crippen LogP contribution in [0.25, 0.3) is 0 Å². The zero-order valence-corrected chi connectivity index (χ0v) is 13.6. The first kappa shape index (κ1) is 15.0. The van der Waals surface area contributed by atoms with Gasteiger partial charge in [0.2, 0.25) is 0 Å². The lowest BCUT2D eigenvalue weighted by molar-refractivity contribution is 0.0655. The molecule has 2 rings (SSSR count). The van der Waals surface area contributed by atoms with Crippen LogP contribution in [0.15, 0.2) is 11.4 Å². The lowest BCUT2D eigenvalue weighted by Crippen LogP contribution is -2.54. The van der Waals surface area contributed by atoms with Crippen molar-refractivity contribution in [2.75, 3.05) is 20.1 Å². The first-order valence-corrected chi connectivity index (χ1v) is 8.53. The van der Waals surface area contributed by atoms with Gasteiger partial charge in [-0.2, -0.15) is 0 Å². The van der Waals surface area contributed by atoms with Crippen LogP contribution >= 0.6 is 11.3 Å². The highest BCUT2D eigenvalue weighted by molar-refractivity contribution is 7.10. The van der Waals surface area contributed by atoms with Crippen molar-refractivity contribution in [3.05, 3.63) is 21.9 Å². The number of thiophene rings is 1. The molecule has 1 heterocycles. The van der Waals surface area contributed by atoms with Gasteiger partial charge >= 0.3 is 0 Å². The van der Waals surface area contributed by atoms with Crippen LogP contribution in [0.1, 0.15) is 56.0 Å². The standard InChI is InChI=1S/C16H28N2S/c1-5-18(6-2)16(10-7-8-11-16)15(17-4)14-9-12-19-13(14)3/h9,12,15,17H,5-8,10-11H2,1-4H3. The van der Waals surface area contributed by atoms with Crippen molar-refractivity contribution in [2.24, 2.45) is 0 Å². The molecule has 1 fully saturated rings. The van der Waals surface area contributed by atoms with Crippen LogP contribution in [0, 0.1) is 6.92 Å². The van der Waals surface area contributed by atoms with E-state index in [2.05, 4.69) is 49.5 Å². The molecule has 0 radical (unpaired) electrons. The van der Waals surface area contributed by atoms with E-state index in [9.17, 15) is 0 Å². The molecule has 0 spiro atoms. The number of nitrogens with one attached hydrogen (secondary N) is 1. The van der Waals surface area contributed by atoms with Gasteiger partial charge in [0.1, 0.15) is 0 Å². The molecule has 1 aromatic rings. The van der Waals surface area contributed by atoms with Crippen molar-refractivity contribution in [1.29, 1.82) is 0 Å². The Hall–Kier alpha value is -0.380. The largest absolute Gasteiger partial charge is 0.311 e. The molecule has 2 nitrogen and oxygen atoms in total. The molecule has 0 amide bonds. The quantitative estimate of drug-likeness (QED) is 0.848. The molecule has 1 N–H and O–H groups in total. The van der Waals surface area contributed by atoms with Crippen molar-refractivity contribution >= 4 is 11.3 Å². The number of hydrogen-bond acceptors (Lipinski definition) is 3. The topological polar surface area (TPSA) is 15.3 Å². The number of nitrogens with zero attached hydrogens (tertiary/aromatic N) is 1. The van der Waals surface area contributed by atoms with Crippen molar-refractivity contribution in [3.8, 4) is 0 Å². The lowest BCUT2D eigenvalue weighted by atomic mass is 9.82. The molecule has 3 heteroatoms. The number of rotatable bonds is 6. The molecule has 0 aromatic carbocycles. The van der Waals surface area contributed by atoms with E-state index in [1.807, 2.05) is 11.3 Å². The zero-order valence-electron chi connectivity index (χ0n) is 12.8. The zero-order chi connectivity index (χ0) is 13.9. The summed E-state index contributed by atoms with van der Waals surface area (Å²) >= 11 is 1.87. The van der Waals surface area contributed by atoms with E-state index in [0.717, 1.165) is 13.1 Å². The van der Waals surface area contributed by atoms with Crippen LogP contribution in [-0.2, 0) is 0 Å². The lowest BCUT2D eigenvalue weighted by Gasteiger charge is -2.46. The van der Waals surface area contributed by atoms with E-state index < -0.39 is 0 Å². The Morgan fingerprint density at radius 2 is 1.95 bits per heavy atom. The monoisotopic (exact) mass is 280 g/mol. The fourth-order valence-corrected chi connectivity index (χ4v) is 4.78. The molecule has 108 valence electrons. The van der Waals surface area contributed by atoms with E-state index >= 15 is 0 Å². The Bertz CT molecular complexity index is 389. The third-order valence-electron chi connectivity index (χ3n) is 4.90. The van der Waals surface area contributed by atoms with E-state index in [0.29, 0.717) is 11.6 Å². The molecule has 0 saturated heterocycles. The highest BCUT2D eigenvalue weighted by Gasteiger charge is 2.45. The molecule has 0 bridgehead atoms. The second-order valence-electron chi connectivity index (χ2n) is 5.64. The Morgan fingerprint density at radius 3 is 2.37 bits per heavy atom. The summed E-state index contributed by atoms with van der Waals surface area (Å²) in [4.78, 5) is 4.16. The summed E-state index contributed by atoms with van der Waals surface area (Å²) in [5, 5.41) is 5.88. The van der Waals surface area contributed by atoms with Crippen LogP contribution < -0.4 is 5.32 Å². The second kappa shape index (κ2) is 6.38. The summed E-state index contributed by atoms with van der Waals surface area (Å²) in [6.45, 7) is 9.17. The van der Waals surface area contributed by atoms with Gasteiger partial charge < -0.3 is 5.32 Å². The normalized spacial score (nSPS) is 20.1. The van der Waals surface area contributed by atoms with Gasteiger partial charge in [-0.25, -0.2) is 0 Å². The molecule has 1 unspecified atom stereocenters. The highest BCUT2D eigenvalue weighted by atomic mass is 32.1. The minimum Gasteiger partial charge on any atom is -0.311 e. The molecule has 0 aliphatic heterocycles. The number of aryl methyl sites for hydroxylation is 1. The Balaban J connectivity index is 2.39. The maximum Gasteiger partial charge on any atom is 0.0515 e. The van der Waals surface area contributed by atoms with Crippen LogP contribution in [-0.4, -0.2) is 30.6 Å². The van der Waals surface area contributed by atoms with Gasteiger partial charge in [-0.05, 0) is 56.9 Å². The Kier molecular flexibility index (Phi) is 5.04. The SMILES string of the molecule is CCN(CC)C1(C(NC)c2ccsc2C)CCCC1. The first-order valence-electron chi connectivity index (χ1n) is 7.66. The number of likely N-dealkylation sites (N-methyl/N-ethyl adjacent to an activating group) is 2. The van der Waals surface area contributed by atoms with E-state index in [-0.39, 0.29) is 0 Å². The van der Waals surface area contributed by atoms with Crippen molar-refractivity contribution in [2.45, 2.75) is 58.0 Å². The van der Waals surface area contributed by atoms with Crippen molar-refractivity contribution in [3.63, 3.8) is 0 Å². The molecule has 1 aromatic heterocycles. The molecular formula is C16H28N2S. The Morgan fingerprint density at radius 1 is 1.32 bits per heavy atom. The van der Waals surface area contributed by atoms with Crippen molar-refractivity contribution in [1.82, 2.24) is 10.2 Å². The first-order chi connectivity index (χ1) is 9.19. The molecule has 1 aliphatic rings.